The van der Waals surface area contributed by atoms with E-state index in [2.05, 4.69) is 0 Å². The molecule has 0 bridgehead atoms. The summed E-state index contributed by atoms with van der Waals surface area (Å²) in [5.41, 5.74) is 1.24. The molecule has 6 nitrogen and oxygen atoms in total. The minimum absolute atomic E-state index is 0.229. The van der Waals surface area contributed by atoms with Crippen LogP contribution in [0.4, 0.5) is 0 Å². The van der Waals surface area contributed by atoms with Gasteiger partial charge in [-0.15, -0.1) is 0 Å². The van der Waals surface area contributed by atoms with Gasteiger partial charge in [0.2, 0.25) is 0 Å². The first-order valence-corrected chi connectivity index (χ1v) is 7.80. The first-order valence-electron chi connectivity index (χ1n) is 7.80. The first kappa shape index (κ1) is 18.3. The largest absolute Gasteiger partial charge is 0.493 e. The molecule has 0 unspecified atom stereocenters. The van der Waals surface area contributed by atoms with E-state index in [4.69, 9.17) is 18.9 Å². The smallest absolute Gasteiger partial charge is 0.344 e. The fourth-order valence-electron chi connectivity index (χ4n) is 2.12. The van der Waals surface area contributed by atoms with Crippen molar-refractivity contribution in [2.24, 2.45) is 0 Å². The molecule has 0 aliphatic rings. The molecule has 0 saturated heterocycles. The van der Waals surface area contributed by atoms with E-state index in [1.165, 1.54) is 19.2 Å². The lowest BCUT2D eigenvalue weighted by molar-refractivity contribution is -0.145. The van der Waals surface area contributed by atoms with Crippen LogP contribution < -0.4 is 14.2 Å². The summed E-state index contributed by atoms with van der Waals surface area (Å²) >= 11 is 0. The monoisotopic (exact) mass is 344 g/mol. The summed E-state index contributed by atoms with van der Waals surface area (Å²) in [6.45, 7) is 2.00. The second-order valence-corrected chi connectivity index (χ2v) is 5.03. The third kappa shape index (κ3) is 5.24. The van der Waals surface area contributed by atoms with Crippen LogP contribution in [0.3, 0.4) is 0 Å². The van der Waals surface area contributed by atoms with Crippen molar-refractivity contribution in [1.82, 2.24) is 0 Å². The van der Waals surface area contributed by atoms with Gasteiger partial charge in [0, 0.05) is 6.07 Å². The van der Waals surface area contributed by atoms with E-state index in [1.807, 2.05) is 30.3 Å². The van der Waals surface area contributed by atoms with Crippen LogP contribution in [0.15, 0.2) is 42.5 Å². The van der Waals surface area contributed by atoms with E-state index in [0.717, 1.165) is 5.56 Å². The van der Waals surface area contributed by atoms with Gasteiger partial charge in [0.05, 0.1) is 19.3 Å². The highest BCUT2D eigenvalue weighted by molar-refractivity contribution is 5.81. The van der Waals surface area contributed by atoms with Crippen LogP contribution in [-0.2, 0) is 16.1 Å². The fraction of sp³-hybridized carbons (Fsp3) is 0.263. The molecule has 2 rings (SSSR count). The van der Waals surface area contributed by atoms with E-state index in [-0.39, 0.29) is 24.5 Å². The van der Waals surface area contributed by atoms with E-state index in [1.54, 1.807) is 6.92 Å². The summed E-state index contributed by atoms with van der Waals surface area (Å²) < 4.78 is 21.2. The number of hydrogen-bond acceptors (Lipinski definition) is 6. The molecule has 0 fully saturated rings. The van der Waals surface area contributed by atoms with Gasteiger partial charge in [0.25, 0.3) is 0 Å². The normalized spacial score (nSPS) is 10.0. The molecule has 0 aromatic heterocycles. The number of rotatable bonds is 9. The lowest BCUT2D eigenvalue weighted by Gasteiger charge is -2.14. The van der Waals surface area contributed by atoms with Crippen molar-refractivity contribution in [3.05, 3.63) is 53.6 Å². The van der Waals surface area contributed by atoms with Gasteiger partial charge in [-0.2, -0.15) is 0 Å². The number of ether oxygens (including phenoxy) is 4. The highest BCUT2D eigenvalue weighted by Crippen LogP contribution is 2.34. The van der Waals surface area contributed by atoms with Gasteiger partial charge in [0.1, 0.15) is 12.4 Å². The number of hydrogen-bond donors (Lipinski definition) is 0. The van der Waals surface area contributed by atoms with Crippen LogP contribution in [0, 0.1) is 0 Å². The number of carbonyl (C=O) groups is 2. The Hall–Kier alpha value is -3.02. The maximum absolute atomic E-state index is 11.4. The Morgan fingerprint density at radius 2 is 1.80 bits per heavy atom. The van der Waals surface area contributed by atoms with Crippen LogP contribution in [0.1, 0.15) is 22.8 Å². The molecular weight excluding hydrogens is 324 g/mol. The Labute approximate surface area is 146 Å². The van der Waals surface area contributed by atoms with Crippen molar-refractivity contribution in [2.45, 2.75) is 13.5 Å². The molecule has 0 saturated carbocycles. The number of aldehydes is 1. The minimum atomic E-state index is -0.512. The van der Waals surface area contributed by atoms with Gasteiger partial charge in [-0.1, -0.05) is 30.3 Å². The Kier molecular flexibility index (Phi) is 6.83. The van der Waals surface area contributed by atoms with E-state index in [9.17, 15) is 9.59 Å². The highest BCUT2D eigenvalue weighted by atomic mass is 16.6. The molecule has 0 heterocycles. The Balaban J connectivity index is 2.17. The zero-order valence-electron chi connectivity index (χ0n) is 14.2. The Morgan fingerprint density at radius 3 is 2.44 bits per heavy atom. The summed E-state index contributed by atoms with van der Waals surface area (Å²) in [5, 5.41) is 0. The van der Waals surface area contributed by atoms with Crippen LogP contribution in [0.25, 0.3) is 0 Å². The maximum atomic E-state index is 11.4. The van der Waals surface area contributed by atoms with E-state index < -0.39 is 5.97 Å². The highest BCUT2D eigenvalue weighted by Gasteiger charge is 2.14. The van der Waals surface area contributed by atoms with Crippen molar-refractivity contribution in [1.29, 1.82) is 0 Å². The molecule has 0 aliphatic heterocycles. The molecule has 0 spiro atoms. The first-order chi connectivity index (χ1) is 12.2. The molecular formula is C19H20O6. The number of carbonyl (C=O) groups excluding carboxylic acids is 2. The molecule has 0 atom stereocenters. The summed E-state index contributed by atoms with van der Waals surface area (Å²) in [6, 6.07) is 12.7. The molecule has 6 heteroatoms. The molecule has 2 aromatic carbocycles. The number of esters is 1. The van der Waals surface area contributed by atoms with Gasteiger partial charge in [0.15, 0.2) is 24.4 Å². The summed E-state index contributed by atoms with van der Waals surface area (Å²) in [4.78, 5) is 22.7. The van der Waals surface area contributed by atoms with Crippen molar-refractivity contribution >= 4 is 12.3 Å². The summed E-state index contributed by atoms with van der Waals surface area (Å²) in [7, 11) is 1.48. The van der Waals surface area contributed by atoms with Crippen LogP contribution in [0.2, 0.25) is 0 Å². The lowest BCUT2D eigenvalue weighted by atomic mass is 10.2. The van der Waals surface area contributed by atoms with E-state index in [0.29, 0.717) is 24.4 Å². The minimum Gasteiger partial charge on any atom is -0.493 e. The van der Waals surface area contributed by atoms with Gasteiger partial charge < -0.3 is 18.9 Å². The van der Waals surface area contributed by atoms with Gasteiger partial charge in [-0.3, -0.25) is 4.79 Å². The van der Waals surface area contributed by atoms with Crippen molar-refractivity contribution < 1.29 is 28.5 Å². The van der Waals surface area contributed by atoms with Gasteiger partial charge in [-0.25, -0.2) is 4.79 Å². The summed E-state index contributed by atoms with van der Waals surface area (Å²) in [5.74, 6) is 0.533. The fourth-order valence-corrected chi connectivity index (χ4v) is 2.12. The van der Waals surface area contributed by atoms with E-state index >= 15 is 0 Å². The molecule has 0 radical (unpaired) electrons. The molecule has 132 valence electrons. The predicted molar refractivity (Wildman–Crippen MR) is 91.3 cm³/mol. The van der Waals surface area contributed by atoms with Crippen LogP contribution >= 0.6 is 0 Å². The maximum Gasteiger partial charge on any atom is 0.344 e. The second kappa shape index (κ2) is 9.32. The topological polar surface area (TPSA) is 71.1 Å². The van der Waals surface area contributed by atoms with Crippen molar-refractivity contribution in [2.75, 3.05) is 20.3 Å². The zero-order valence-corrected chi connectivity index (χ0v) is 14.2. The third-order valence-corrected chi connectivity index (χ3v) is 3.31. The predicted octanol–water partition coefficient (Wildman–Crippen LogP) is 3.03. The lowest BCUT2D eigenvalue weighted by Crippen LogP contribution is -2.15. The average molecular weight is 344 g/mol. The summed E-state index contributed by atoms with van der Waals surface area (Å²) in [6.07, 6.45) is 0.629. The van der Waals surface area contributed by atoms with Crippen molar-refractivity contribution in [3.8, 4) is 17.2 Å². The number of methoxy groups -OCH3 is 1. The van der Waals surface area contributed by atoms with Gasteiger partial charge in [-0.05, 0) is 18.6 Å². The standard InChI is InChI=1S/C19H20O6/c1-3-23-19(21)13-25-16-10-18(17(22-2)9-15(16)11-20)24-12-14-7-5-4-6-8-14/h4-11H,3,12-13H2,1-2H3. The third-order valence-electron chi connectivity index (χ3n) is 3.31. The molecule has 0 aliphatic carbocycles. The Bertz CT molecular complexity index is 711. The van der Waals surface area contributed by atoms with Crippen LogP contribution in [0.5, 0.6) is 17.2 Å². The molecule has 2 aromatic rings. The average Bonchev–Trinajstić information content (AvgIpc) is 2.65. The quantitative estimate of drug-likeness (QED) is 0.514. The molecule has 25 heavy (non-hydrogen) atoms. The van der Waals surface area contributed by atoms with Crippen LogP contribution in [-0.4, -0.2) is 32.6 Å². The molecule has 0 amide bonds. The SMILES string of the molecule is CCOC(=O)COc1cc(OCc2ccccc2)c(OC)cc1C=O. The zero-order chi connectivity index (χ0) is 18.1. The van der Waals surface area contributed by atoms with Gasteiger partial charge >= 0.3 is 5.97 Å². The second-order valence-electron chi connectivity index (χ2n) is 5.03. The molecule has 0 N–H and O–H groups in total. The Morgan fingerprint density at radius 1 is 1.04 bits per heavy atom. The number of benzene rings is 2. The van der Waals surface area contributed by atoms with Crippen molar-refractivity contribution in [3.63, 3.8) is 0 Å².